The fourth-order valence-corrected chi connectivity index (χ4v) is 4.26. The van der Waals surface area contributed by atoms with Gasteiger partial charge in [0.25, 0.3) is 0 Å². The van der Waals surface area contributed by atoms with Crippen LogP contribution in [0, 0.1) is 18.6 Å². The predicted molar refractivity (Wildman–Crippen MR) is 73.3 cm³/mol. The number of aryl methyl sites for hydroxylation is 1. The van der Waals surface area contributed by atoms with Crippen molar-refractivity contribution in [2.45, 2.75) is 17.6 Å². The molecule has 0 atom stereocenters. The average Bonchev–Trinajstić information content (AvgIpc) is 2.73. The summed E-state index contributed by atoms with van der Waals surface area (Å²) in [5.74, 6) is -3.64. The zero-order chi connectivity index (χ0) is 15.8. The van der Waals surface area contributed by atoms with Gasteiger partial charge in [-0.1, -0.05) is 0 Å². The second-order valence-corrected chi connectivity index (χ2v) is 7.55. The summed E-state index contributed by atoms with van der Waals surface area (Å²) >= 11 is 0.934. The van der Waals surface area contributed by atoms with Gasteiger partial charge in [0.05, 0.1) is 5.75 Å². The Morgan fingerprint density at radius 3 is 2.52 bits per heavy atom. The third-order valence-electron chi connectivity index (χ3n) is 2.81. The Bertz CT molecular complexity index is 810. The van der Waals surface area contributed by atoms with Gasteiger partial charge in [-0.2, -0.15) is 0 Å². The van der Waals surface area contributed by atoms with Crippen molar-refractivity contribution in [3.63, 3.8) is 0 Å². The molecule has 0 saturated heterocycles. The highest BCUT2D eigenvalue weighted by Crippen LogP contribution is 2.27. The zero-order valence-corrected chi connectivity index (χ0v) is 12.4. The van der Waals surface area contributed by atoms with Gasteiger partial charge < -0.3 is 5.11 Å². The molecule has 0 spiro atoms. The molecule has 0 radical (unpaired) electrons. The second kappa shape index (κ2) is 5.53. The molecule has 0 aliphatic rings. The molecule has 0 amide bonds. The fourth-order valence-electron chi connectivity index (χ4n) is 1.77. The lowest BCUT2D eigenvalue weighted by Crippen LogP contribution is -2.08. The average molecular weight is 332 g/mol. The Morgan fingerprint density at radius 2 is 1.95 bits per heavy atom. The first-order valence-electron chi connectivity index (χ1n) is 5.71. The van der Waals surface area contributed by atoms with Crippen LogP contribution < -0.4 is 0 Å². The van der Waals surface area contributed by atoms with Gasteiger partial charge in [0.2, 0.25) is 0 Å². The van der Waals surface area contributed by atoms with Crippen molar-refractivity contribution in [3.05, 3.63) is 51.2 Å². The molecule has 0 unspecified atom stereocenters. The van der Waals surface area contributed by atoms with E-state index in [0.717, 1.165) is 23.5 Å². The van der Waals surface area contributed by atoms with Gasteiger partial charge in [0, 0.05) is 4.88 Å². The first kappa shape index (κ1) is 15.6. The van der Waals surface area contributed by atoms with Crippen molar-refractivity contribution >= 4 is 27.1 Å². The highest BCUT2D eigenvalue weighted by molar-refractivity contribution is 7.90. The Labute approximate surface area is 123 Å². The molecule has 1 N–H and O–H groups in total. The van der Waals surface area contributed by atoms with Crippen LogP contribution in [0.5, 0.6) is 0 Å². The molecule has 112 valence electrons. The van der Waals surface area contributed by atoms with Crippen molar-refractivity contribution < 1.29 is 27.1 Å². The number of hydrogen-bond donors (Lipinski definition) is 1. The molecule has 4 nitrogen and oxygen atoms in total. The van der Waals surface area contributed by atoms with Gasteiger partial charge in [0.15, 0.2) is 9.84 Å². The molecule has 1 aromatic heterocycles. The maximum absolute atomic E-state index is 13.6. The van der Waals surface area contributed by atoms with E-state index in [9.17, 15) is 22.0 Å². The Kier molecular flexibility index (Phi) is 4.11. The minimum atomic E-state index is -4.10. The number of halogens is 2. The van der Waals surface area contributed by atoms with E-state index < -0.39 is 38.1 Å². The van der Waals surface area contributed by atoms with E-state index in [1.165, 1.54) is 6.07 Å². The first-order chi connectivity index (χ1) is 9.70. The topological polar surface area (TPSA) is 71.4 Å². The largest absolute Gasteiger partial charge is 0.477 e. The third-order valence-corrected chi connectivity index (χ3v) is 5.56. The Morgan fingerprint density at radius 1 is 1.29 bits per heavy atom. The highest BCUT2D eigenvalue weighted by atomic mass is 32.2. The van der Waals surface area contributed by atoms with Gasteiger partial charge in [-0.25, -0.2) is 22.0 Å². The van der Waals surface area contributed by atoms with Gasteiger partial charge >= 0.3 is 5.97 Å². The SMILES string of the molecule is Cc1sc(C(=O)O)cc1CS(=O)(=O)c1cc(F)ccc1F. The quantitative estimate of drug-likeness (QED) is 0.934. The molecule has 21 heavy (non-hydrogen) atoms. The van der Waals surface area contributed by atoms with Gasteiger partial charge in [-0.15, -0.1) is 11.3 Å². The van der Waals surface area contributed by atoms with Crippen LogP contribution in [0.25, 0.3) is 0 Å². The van der Waals surface area contributed by atoms with Crippen molar-refractivity contribution in [2.24, 2.45) is 0 Å². The molecule has 8 heteroatoms. The van der Waals surface area contributed by atoms with E-state index in [4.69, 9.17) is 5.11 Å². The molecule has 0 aliphatic carbocycles. The van der Waals surface area contributed by atoms with Crippen LogP contribution in [0.2, 0.25) is 0 Å². The Balaban J connectivity index is 2.42. The maximum Gasteiger partial charge on any atom is 0.345 e. The van der Waals surface area contributed by atoms with E-state index in [0.29, 0.717) is 10.9 Å². The minimum absolute atomic E-state index is 0.00239. The van der Waals surface area contributed by atoms with E-state index in [1.54, 1.807) is 6.92 Å². The maximum atomic E-state index is 13.6. The van der Waals surface area contributed by atoms with Crippen molar-refractivity contribution in [1.29, 1.82) is 0 Å². The predicted octanol–water partition coefficient (Wildman–Crippen LogP) is 3.01. The van der Waals surface area contributed by atoms with Crippen LogP contribution in [-0.2, 0) is 15.6 Å². The van der Waals surface area contributed by atoms with Gasteiger partial charge in [-0.3, -0.25) is 0 Å². The number of carboxylic acid groups (broad SMARTS) is 1. The summed E-state index contributed by atoms with van der Waals surface area (Å²) in [6, 6.07) is 3.42. The van der Waals surface area contributed by atoms with E-state index in [1.807, 2.05) is 0 Å². The van der Waals surface area contributed by atoms with Crippen molar-refractivity contribution in [2.75, 3.05) is 0 Å². The summed E-state index contributed by atoms with van der Waals surface area (Å²) in [5, 5.41) is 8.87. The lowest BCUT2D eigenvalue weighted by molar-refractivity contribution is 0.0702. The highest BCUT2D eigenvalue weighted by Gasteiger charge is 2.23. The summed E-state index contributed by atoms with van der Waals surface area (Å²) in [7, 11) is -4.10. The van der Waals surface area contributed by atoms with E-state index in [-0.39, 0.29) is 10.4 Å². The van der Waals surface area contributed by atoms with Crippen LogP contribution in [0.1, 0.15) is 20.1 Å². The fraction of sp³-hybridized carbons (Fsp3) is 0.154. The summed E-state index contributed by atoms with van der Waals surface area (Å²) in [6.45, 7) is 1.57. The molecule has 0 saturated carbocycles. The van der Waals surface area contributed by atoms with Crippen LogP contribution in [0.4, 0.5) is 8.78 Å². The molecule has 1 heterocycles. The number of aromatic carboxylic acids is 1. The number of hydrogen-bond acceptors (Lipinski definition) is 4. The zero-order valence-electron chi connectivity index (χ0n) is 10.8. The first-order valence-corrected chi connectivity index (χ1v) is 8.18. The molecule has 2 rings (SSSR count). The van der Waals surface area contributed by atoms with Gasteiger partial charge in [-0.05, 0) is 36.8 Å². The lowest BCUT2D eigenvalue weighted by atomic mass is 10.3. The monoisotopic (exact) mass is 332 g/mol. The minimum Gasteiger partial charge on any atom is -0.477 e. The van der Waals surface area contributed by atoms with Crippen LogP contribution in [0.3, 0.4) is 0 Å². The number of carbonyl (C=O) groups is 1. The van der Waals surface area contributed by atoms with Crippen LogP contribution in [0.15, 0.2) is 29.2 Å². The van der Waals surface area contributed by atoms with Crippen LogP contribution in [-0.4, -0.2) is 19.5 Å². The molecular weight excluding hydrogens is 322 g/mol. The van der Waals surface area contributed by atoms with Crippen molar-refractivity contribution in [1.82, 2.24) is 0 Å². The molecular formula is C13H10F2O4S2. The third kappa shape index (κ3) is 3.27. The normalized spacial score (nSPS) is 11.6. The standard InChI is InChI=1S/C13H10F2O4S2/c1-7-8(4-11(20-7)13(16)17)6-21(18,19)12-5-9(14)2-3-10(12)15/h2-5H,6H2,1H3,(H,16,17). The molecule has 1 aromatic carbocycles. The number of carboxylic acids is 1. The number of rotatable bonds is 4. The molecule has 2 aromatic rings. The number of thiophene rings is 1. The smallest absolute Gasteiger partial charge is 0.345 e. The Hall–Kier alpha value is -1.80. The second-order valence-electron chi connectivity index (χ2n) is 4.33. The summed E-state index contributed by atoms with van der Waals surface area (Å²) < 4.78 is 51.0. The molecule has 0 bridgehead atoms. The van der Waals surface area contributed by atoms with Crippen LogP contribution >= 0.6 is 11.3 Å². The number of sulfone groups is 1. The summed E-state index contributed by atoms with van der Waals surface area (Å²) in [6.07, 6.45) is 0. The van der Waals surface area contributed by atoms with E-state index >= 15 is 0 Å². The van der Waals surface area contributed by atoms with E-state index in [2.05, 4.69) is 0 Å². The lowest BCUT2D eigenvalue weighted by Gasteiger charge is -2.05. The molecule has 0 fully saturated rings. The van der Waals surface area contributed by atoms with Crippen molar-refractivity contribution in [3.8, 4) is 0 Å². The molecule has 0 aliphatic heterocycles. The summed E-state index contributed by atoms with van der Waals surface area (Å²) in [4.78, 5) is 10.6. The van der Waals surface area contributed by atoms with Gasteiger partial charge in [0.1, 0.15) is 21.4 Å². The summed E-state index contributed by atoms with van der Waals surface area (Å²) in [5.41, 5.74) is 0.265. The number of benzene rings is 1.